The van der Waals surface area contributed by atoms with Crippen molar-refractivity contribution in [2.24, 2.45) is 5.41 Å². The van der Waals surface area contributed by atoms with Gasteiger partial charge in [-0.15, -0.1) is 0 Å². The molecule has 2 atom stereocenters. The van der Waals surface area contributed by atoms with Crippen LogP contribution in [0.2, 0.25) is 0 Å². The maximum atomic E-state index is 12.6. The van der Waals surface area contributed by atoms with Gasteiger partial charge >= 0.3 is 0 Å². The Balaban J connectivity index is 2.45. The number of piperazine rings is 1. The van der Waals surface area contributed by atoms with E-state index in [4.69, 9.17) is 0 Å². The topological polar surface area (TPSA) is 49.4 Å². The zero-order valence-corrected chi connectivity index (χ0v) is 12.7. The Kier molecular flexibility index (Phi) is 3.36. The van der Waals surface area contributed by atoms with Crippen molar-refractivity contribution >= 4 is 11.8 Å². The van der Waals surface area contributed by atoms with Crippen LogP contribution in [0.5, 0.6) is 0 Å². The molecular formula is C16H22N2O2. The molecule has 20 heavy (non-hydrogen) atoms. The Morgan fingerprint density at radius 1 is 1.15 bits per heavy atom. The number of benzene rings is 1. The quantitative estimate of drug-likeness (QED) is 0.850. The van der Waals surface area contributed by atoms with Crippen LogP contribution in [0, 0.1) is 5.41 Å². The smallest absolute Gasteiger partial charge is 0.251 e. The zero-order chi connectivity index (χ0) is 15.1. The van der Waals surface area contributed by atoms with Gasteiger partial charge < -0.3 is 10.2 Å². The Morgan fingerprint density at radius 2 is 1.70 bits per heavy atom. The molecule has 0 radical (unpaired) electrons. The minimum absolute atomic E-state index is 0.0524. The Bertz CT molecular complexity index is 533. The van der Waals surface area contributed by atoms with E-state index in [1.165, 1.54) is 0 Å². The lowest BCUT2D eigenvalue weighted by molar-refractivity contribution is -0.158. The van der Waals surface area contributed by atoms with Gasteiger partial charge in [-0.2, -0.15) is 0 Å². The van der Waals surface area contributed by atoms with Crippen LogP contribution >= 0.6 is 0 Å². The van der Waals surface area contributed by atoms with Gasteiger partial charge in [0.1, 0.15) is 11.6 Å². The second-order valence-corrected chi connectivity index (χ2v) is 6.61. The number of amides is 2. The standard InChI is InChI=1S/C16H22N2O2/c1-15(2,3)12-13(19)18(5)16(4,14(20)17-12)11-9-7-6-8-10-11/h6-10,12H,1-5H3,(H,17,20). The molecule has 1 saturated heterocycles. The van der Waals surface area contributed by atoms with Crippen molar-refractivity contribution in [1.29, 1.82) is 0 Å². The molecule has 0 saturated carbocycles. The van der Waals surface area contributed by atoms with Crippen molar-refractivity contribution in [1.82, 2.24) is 10.2 Å². The lowest BCUT2D eigenvalue weighted by Gasteiger charge is -2.47. The van der Waals surface area contributed by atoms with E-state index in [-0.39, 0.29) is 17.2 Å². The molecule has 108 valence electrons. The van der Waals surface area contributed by atoms with Gasteiger partial charge in [0, 0.05) is 7.05 Å². The molecule has 1 aromatic rings. The van der Waals surface area contributed by atoms with Crippen LogP contribution in [0.15, 0.2) is 30.3 Å². The van der Waals surface area contributed by atoms with Crippen LogP contribution in [-0.2, 0) is 15.1 Å². The Hall–Kier alpha value is -1.84. The zero-order valence-electron chi connectivity index (χ0n) is 12.7. The van der Waals surface area contributed by atoms with E-state index in [9.17, 15) is 9.59 Å². The molecule has 4 nitrogen and oxygen atoms in total. The normalized spacial score (nSPS) is 27.4. The van der Waals surface area contributed by atoms with Crippen molar-refractivity contribution in [3.63, 3.8) is 0 Å². The second kappa shape index (κ2) is 4.62. The summed E-state index contributed by atoms with van der Waals surface area (Å²) in [5.41, 5.74) is -0.445. The SMILES string of the molecule is CN1C(=O)C(C(C)(C)C)NC(=O)C1(C)c1ccccc1. The van der Waals surface area contributed by atoms with Crippen LogP contribution in [0.25, 0.3) is 0 Å². The van der Waals surface area contributed by atoms with Gasteiger partial charge in [0.25, 0.3) is 5.91 Å². The average Bonchev–Trinajstić information content (AvgIpc) is 2.40. The van der Waals surface area contributed by atoms with Gasteiger partial charge in [0.2, 0.25) is 5.91 Å². The van der Waals surface area contributed by atoms with Crippen molar-refractivity contribution < 1.29 is 9.59 Å². The Labute approximate surface area is 120 Å². The molecule has 1 aromatic carbocycles. The highest BCUT2D eigenvalue weighted by Crippen LogP contribution is 2.34. The van der Waals surface area contributed by atoms with E-state index >= 15 is 0 Å². The predicted molar refractivity (Wildman–Crippen MR) is 77.9 cm³/mol. The van der Waals surface area contributed by atoms with Crippen molar-refractivity contribution in [3.05, 3.63) is 35.9 Å². The molecule has 0 aromatic heterocycles. The lowest BCUT2D eigenvalue weighted by atomic mass is 9.79. The van der Waals surface area contributed by atoms with E-state index < -0.39 is 11.6 Å². The van der Waals surface area contributed by atoms with Gasteiger partial charge in [-0.1, -0.05) is 51.1 Å². The molecule has 0 bridgehead atoms. The largest absolute Gasteiger partial charge is 0.341 e. The maximum Gasteiger partial charge on any atom is 0.251 e. The lowest BCUT2D eigenvalue weighted by Crippen LogP contribution is -2.69. The first-order valence-electron chi connectivity index (χ1n) is 6.83. The summed E-state index contributed by atoms with van der Waals surface area (Å²) in [4.78, 5) is 26.8. The van der Waals surface area contributed by atoms with Crippen molar-refractivity contribution in [2.75, 3.05) is 7.05 Å². The van der Waals surface area contributed by atoms with E-state index in [0.29, 0.717) is 0 Å². The minimum atomic E-state index is -0.958. The van der Waals surface area contributed by atoms with E-state index in [2.05, 4.69) is 5.32 Å². The third kappa shape index (κ3) is 2.09. The molecular weight excluding hydrogens is 252 g/mol. The van der Waals surface area contributed by atoms with Gasteiger partial charge in [0.15, 0.2) is 0 Å². The molecule has 1 aliphatic rings. The van der Waals surface area contributed by atoms with Gasteiger partial charge in [-0.05, 0) is 17.9 Å². The predicted octanol–water partition coefficient (Wildman–Crippen LogP) is 1.90. The average molecular weight is 274 g/mol. The molecule has 0 aliphatic carbocycles. The number of carbonyl (C=O) groups excluding carboxylic acids is 2. The minimum Gasteiger partial charge on any atom is -0.341 e. The molecule has 2 unspecified atom stereocenters. The van der Waals surface area contributed by atoms with Gasteiger partial charge in [-0.25, -0.2) is 0 Å². The fraction of sp³-hybridized carbons (Fsp3) is 0.500. The van der Waals surface area contributed by atoms with E-state index in [1.54, 1.807) is 18.9 Å². The molecule has 1 N–H and O–H groups in total. The summed E-state index contributed by atoms with van der Waals surface area (Å²) < 4.78 is 0. The highest BCUT2D eigenvalue weighted by Gasteiger charge is 2.51. The molecule has 1 fully saturated rings. The number of nitrogens with one attached hydrogen (secondary N) is 1. The molecule has 2 rings (SSSR count). The highest BCUT2D eigenvalue weighted by atomic mass is 16.2. The first kappa shape index (κ1) is 14.6. The van der Waals surface area contributed by atoms with Crippen LogP contribution in [-0.4, -0.2) is 29.8 Å². The first-order valence-corrected chi connectivity index (χ1v) is 6.83. The number of likely N-dealkylation sites (N-methyl/N-ethyl adjacent to an activating group) is 1. The van der Waals surface area contributed by atoms with Crippen molar-refractivity contribution in [2.45, 2.75) is 39.3 Å². The number of carbonyl (C=O) groups is 2. The number of hydrogen-bond acceptors (Lipinski definition) is 2. The summed E-state index contributed by atoms with van der Waals surface area (Å²) in [5.74, 6) is -0.186. The number of nitrogens with zero attached hydrogens (tertiary/aromatic N) is 1. The number of hydrogen-bond donors (Lipinski definition) is 1. The number of rotatable bonds is 1. The van der Waals surface area contributed by atoms with Crippen LogP contribution < -0.4 is 5.32 Å². The van der Waals surface area contributed by atoms with E-state index in [0.717, 1.165) is 5.56 Å². The van der Waals surface area contributed by atoms with Crippen LogP contribution in [0.3, 0.4) is 0 Å². The van der Waals surface area contributed by atoms with E-state index in [1.807, 2.05) is 51.1 Å². The summed E-state index contributed by atoms with van der Waals surface area (Å²) in [6.07, 6.45) is 0. The summed E-state index contributed by atoms with van der Waals surface area (Å²) in [5, 5.41) is 2.90. The fourth-order valence-corrected chi connectivity index (χ4v) is 2.57. The third-order valence-electron chi connectivity index (χ3n) is 4.17. The third-order valence-corrected chi connectivity index (χ3v) is 4.17. The first-order chi connectivity index (χ1) is 9.19. The molecule has 2 amide bonds. The Morgan fingerprint density at radius 3 is 2.20 bits per heavy atom. The molecule has 0 spiro atoms. The second-order valence-electron chi connectivity index (χ2n) is 6.61. The molecule has 1 aliphatic heterocycles. The van der Waals surface area contributed by atoms with Crippen LogP contribution in [0.1, 0.15) is 33.3 Å². The fourth-order valence-electron chi connectivity index (χ4n) is 2.57. The maximum absolute atomic E-state index is 12.6. The highest BCUT2D eigenvalue weighted by molar-refractivity contribution is 6.00. The summed E-state index contributed by atoms with van der Waals surface area (Å²) in [6.45, 7) is 7.65. The monoisotopic (exact) mass is 274 g/mol. The summed E-state index contributed by atoms with van der Waals surface area (Å²) >= 11 is 0. The van der Waals surface area contributed by atoms with Crippen molar-refractivity contribution in [3.8, 4) is 0 Å². The van der Waals surface area contributed by atoms with Gasteiger partial charge in [-0.3, -0.25) is 9.59 Å². The molecule has 1 heterocycles. The van der Waals surface area contributed by atoms with Crippen LogP contribution in [0.4, 0.5) is 0 Å². The summed E-state index contributed by atoms with van der Waals surface area (Å²) in [6, 6.07) is 8.91. The van der Waals surface area contributed by atoms with Gasteiger partial charge in [0.05, 0.1) is 0 Å². The summed E-state index contributed by atoms with van der Waals surface area (Å²) in [7, 11) is 1.70. The molecule has 4 heteroatoms.